The van der Waals surface area contributed by atoms with Crippen LogP contribution in [0.15, 0.2) is 78.9 Å². The highest BCUT2D eigenvalue weighted by molar-refractivity contribution is 6.08. The first kappa shape index (κ1) is 20.3. The molecule has 0 atom stereocenters. The van der Waals surface area contributed by atoms with E-state index >= 15 is 0 Å². The Morgan fingerprint density at radius 1 is 0.862 bits per heavy atom. The van der Waals surface area contributed by atoms with Gasteiger partial charge in [0.2, 0.25) is 5.91 Å². The molecule has 0 aliphatic heterocycles. The fourth-order valence-corrected chi connectivity index (χ4v) is 3.33. The van der Waals surface area contributed by atoms with Gasteiger partial charge < -0.3 is 5.73 Å². The van der Waals surface area contributed by atoms with Crippen molar-refractivity contribution in [2.45, 2.75) is 27.2 Å². The Balaban J connectivity index is 0.000000224. The summed E-state index contributed by atoms with van der Waals surface area (Å²) in [7, 11) is 0. The second-order valence-electron chi connectivity index (χ2n) is 7.05. The average molecular weight is 383 g/mol. The number of primary amides is 1. The summed E-state index contributed by atoms with van der Waals surface area (Å²) in [6.07, 6.45) is 1.14. The lowest BCUT2D eigenvalue weighted by Crippen LogP contribution is -2.14. The van der Waals surface area contributed by atoms with Gasteiger partial charge in [-0.2, -0.15) is 0 Å². The molecular weight excluding hydrogens is 356 g/mol. The van der Waals surface area contributed by atoms with Crippen molar-refractivity contribution >= 4 is 16.8 Å². The molecule has 0 aliphatic rings. The number of carbonyl (C=O) groups is 1. The van der Waals surface area contributed by atoms with Crippen LogP contribution in [0.4, 0.5) is 0 Å². The molecule has 0 aliphatic carbocycles. The van der Waals surface area contributed by atoms with E-state index in [2.05, 4.69) is 43.1 Å². The summed E-state index contributed by atoms with van der Waals surface area (Å²) in [5, 5.41) is 0.803. The molecule has 3 heteroatoms. The molecular formula is C26H26N2O. The van der Waals surface area contributed by atoms with E-state index in [1.807, 2.05) is 61.5 Å². The van der Waals surface area contributed by atoms with Crippen molar-refractivity contribution in [1.82, 2.24) is 4.98 Å². The van der Waals surface area contributed by atoms with Gasteiger partial charge in [0.05, 0.1) is 16.8 Å². The smallest absolute Gasteiger partial charge is 0.249 e. The number of benzene rings is 3. The van der Waals surface area contributed by atoms with Gasteiger partial charge in [-0.15, -0.1) is 0 Å². The summed E-state index contributed by atoms with van der Waals surface area (Å²) < 4.78 is 0. The summed E-state index contributed by atoms with van der Waals surface area (Å²) in [5.74, 6) is -0.418. The predicted molar refractivity (Wildman–Crippen MR) is 121 cm³/mol. The summed E-state index contributed by atoms with van der Waals surface area (Å²) in [6.45, 7) is 6.17. The third-order valence-corrected chi connectivity index (χ3v) is 4.96. The van der Waals surface area contributed by atoms with E-state index in [9.17, 15) is 4.79 Å². The number of fused-ring (bicyclic) bond motifs is 1. The van der Waals surface area contributed by atoms with Crippen LogP contribution in [-0.2, 0) is 6.42 Å². The lowest BCUT2D eigenvalue weighted by molar-refractivity contribution is 0.100. The van der Waals surface area contributed by atoms with Crippen molar-refractivity contribution in [3.05, 3.63) is 101 Å². The molecule has 1 amide bonds. The van der Waals surface area contributed by atoms with Crippen LogP contribution >= 0.6 is 0 Å². The maximum atomic E-state index is 11.8. The van der Waals surface area contributed by atoms with Crippen LogP contribution in [-0.4, -0.2) is 10.9 Å². The number of aromatic nitrogens is 1. The molecule has 29 heavy (non-hydrogen) atoms. The van der Waals surface area contributed by atoms with Crippen molar-refractivity contribution in [3.8, 4) is 11.3 Å². The second kappa shape index (κ2) is 9.16. The highest BCUT2D eigenvalue weighted by Crippen LogP contribution is 2.29. The average Bonchev–Trinajstić information content (AvgIpc) is 2.74. The monoisotopic (exact) mass is 382 g/mol. The molecule has 0 unspecified atom stereocenters. The van der Waals surface area contributed by atoms with Crippen LogP contribution in [0.5, 0.6) is 0 Å². The molecule has 0 spiro atoms. The van der Waals surface area contributed by atoms with Crippen molar-refractivity contribution < 1.29 is 4.79 Å². The van der Waals surface area contributed by atoms with Gasteiger partial charge >= 0.3 is 0 Å². The van der Waals surface area contributed by atoms with Gasteiger partial charge in [0.15, 0.2) is 0 Å². The molecule has 3 aromatic carbocycles. The molecule has 2 N–H and O–H groups in total. The van der Waals surface area contributed by atoms with Gasteiger partial charge in [0, 0.05) is 10.9 Å². The van der Waals surface area contributed by atoms with Crippen LogP contribution in [0, 0.1) is 13.8 Å². The van der Waals surface area contributed by atoms with Crippen LogP contribution in [0.25, 0.3) is 22.2 Å². The summed E-state index contributed by atoms with van der Waals surface area (Å²) >= 11 is 0. The first-order chi connectivity index (χ1) is 14.0. The molecule has 1 aromatic heterocycles. The number of hydrogen-bond acceptors (Lipinski definition) is 2. The fraction of sp³-hybridized carbons (Fsp3) is 0.154. The molecule has 3 nitrogen and oxygen atoms in total. The molecule has 0 radical (unpaired) electrons. The molecule has 1 heterocycles. The Morgan fingerprint density at radius 3 is 2.10 bits per heavy atom. The van der Waals surface area contributed by atoms with Crippen molar-refractivity contribution in [2.75, 3.05) is 0 Å². The van der Waals surface area contributed by atoms with Crippen LogP contribution < -0.4 is 5.73 Å². The number of nitrogens with zero attached hydrogens (tertiary/aromatic N) is 1. The zero-order valence-electron chi connectivity index (χ0n) is 17.1. The maximum absolute atomic E-state index is 11.8. The number of rotatable bonds is 3. The quantitative estimate of drug-likeness (QED) is 0.482. The minimum Gasteiger partial charge on any atom is -0.366 e. The van der Waals surface area contributed by atoms with E-state index in [1.165, 1.54) is 11.1 Å². The van der Waals surface area contributed by atoms with Gasteiger partial charge in [0.1, 0.15) is 0 Å². The largest absolute Gasteiger partial charge is 0.366 e. The van der Waals surface area contributed by atoms with Gasteiger partial charge in [-0.1, -0.05) is 85.3 Å². The van der Waals surface area contributed by atoms with Crippen LogP contribution in [0.1, 0.15) is 34.0 Å². The first-order valence-corrected chi connectivity index (χ1v) is 9.81. The normalized spacial score (nSPS) is 10.3. The highest BCUT2D eigenvalue weighted by Gasteiger charge is 2.16. The van der Waals surface area contributed by atoms with E-state index in [0.717, 1.165) is 34.1 Å². The molecule has 0 fully saturated rings. The number of para-hydroxylation sites is 1. The van der Waals surface area contributed by atoms with Gasteiger partial charge in [-0.3, -0.25) is 4.79 Å². The molecule has 0 saturated carbocycles. The minimum absolute atomic E-state index is 0.418. The zero-order chi connectivity index (χ0) is 20.8. The number of carbonyl (C=O) groups excluding carboxylic acids is 1. The van der Waals surface area contributed by atoms with Crippen molar-refractivity contribution in [1.29, 1.82) is 0 Å². The highest BCUT2D eigenvalue weighted by atomic mass is 16.1. The summed E-state index contributed by atoms with van der Waals surface area (Å²) in [5.41, 5.74) is 12.3. The predicted octanol–water partition coefficient (Wildman–Crippen LogP) is 5.87. The maximum Gasteiger partial charge on any atom is 0.249 e. The van der Waals surface area contributed by atoms with Gasteiger partial charge in [-0.25, -0.2) is 4.98 Å². The lowest BCUT2D eigenvalue weighted by atomic mass is 9.97. The van der Waals surface area contributed by atoms with E-state index in [0.29, 0.717) is 5.56 Å². The molecule has 0 bridgehead atoms. The Kier molecular flexibility index (Phi) is 6.40. The molecule has 146 valence electrons. The van der Waals surface area contributed by atoms with Crippen LogP contribution in [0.3, 0.4) is 0 Å². The third-order valence-electron chi connectivity index (χ3n) is 4.96. The first-order valence-electron chi connectivity index (χ1n) is 9.81. The molecule has 4 rings (SSSR count). The van der Waals surface area contributed by atoms with E-state index < -0.39 is 5.91 Å². The SMILES string of the molecule is CCc1ccc(C)cc1.Cc1c(-c2ccccc2)nc2ccccc2c1C(N)=O. The summed E-state index contributed by atoms with van der Waals surface area (Å²) in [6, 6.07) is 26.0. The van der Waals surface area contributed by atoms with Gasteiger partial charge in [0.25, 0.3) is 0 Å². The van der Waals surface area contributed by atoms with E-state index in [4.69, 9.17) is 5.73 Å². The Morgan fingerprint density at radius 2 is 1.48 bits per heavy atom. The fourth-order valence-electron chi connectivity index (χ4n) is 3.33. The number of pyridine rings is 1. The van der Waals surface area contributed by atoms with Crippen molar-refractivity contribution in [3.63, 3.8) is 0 Å². The minimum atomic E-state index is -0.418. The van der Waals surface area contributed by atoms with Gasteiger partial charge in [-0.05, 0) is 37.5 Å². The Labute approximate surface area is 172 Å². The Bertz CT molecular complexity index is 1120. The van der Waals surface area contributed by atoms with Crippen LogP contribution in [0.2, 0.25) is 0 Å². The number of amides is 1. The number of hydrogen-bond donors (Lipinski definition) is 1. The van der Waals surface area contributed by atoms with Crippen molar-refractivity contribution in [2.24, 2.45) is 5.73 Å². The lowest BCUT2D eigenvalue weighted by Gasteiger charge is -2.12. The Hall–Kier alpha value is -3.46. The standard InChI is InChI=1S/C17H14N2O.C9H12/c1-11-15(17(18)20)13-9-5-6-10-14(13)19-16(11)12-7-3-2-4-8-12;1-3-9-6-4-8(2)5-7-9/h2-10H,1H3,(H2,18,20);4-7H,3H2,1-2H3. The third kappa shape index (κ3) is 4.69. The topological polar surface area (TPSA) is 56.0 Å². The van der Waals surface area contributed by atoms with E-state index in [-0.39, 0.29) is 0 Å². The number of aryl methyl sites for hydroxylation is 2. The molecule has 0 saturated heterocycles. The van der Waals surface area contributed by atoms with E-state index in [1.54, 1.807) is 0 Å². The zero-order valence-corrected chi connectivity index (χ0v) is 17.1. The summed E-state index contributed by atoms with van der Waals surface area (Å²) in [4.78, 5) is 16.5. The molecule has 4 aromatic rings. The number of nitrogens with two attached hydrogens (primary N) is 1. The second-order valence-corrected chi connectivity index (χ2v) is 7.05.